The predicted molar refractivity (Wildman–Crippen MR) is 143 cm³/mol. The summed E-state index contributed by atoms with van der Waals surface area (Å²) >= 11 is 0. The standard InChI is InChI=1S/C29H25F7N2O5/c30-27(28(31,32)33,29(34,35)36)10-1-11-42-23-8-4-19(5-9-23)26(41)43-24-6-2-17(3-7-24)12-20(25(39)40)13-18-14-21(37)16-22(38)15-18/h2-9,12,14-16H,1,10-11,13,37-38H2,(H,39,40). The second-order valence-electron chi connectivity index (χ2n) is 9.39. The Morgan fingerprint density at radius 2 is 1.33 bits per heavy atom. The molecule has 0 fully saturated rings. The summed E-state index contributed by atoms with van der Waals surface area (Å²) in [5.41, 5.74) is 8.18. The molecule has 230 valence electrons. The number of ether oxygens (including phenoxy) is 2. The van der Waals surface area contributed by atoms with Gasteiger partial charge in [-0.1, -0.05) is 12.1 Å². The third kappa shape index (κ3) is 8.63. The molecule has 0 saturated carbocycles. The van der Waals surface area contributed by atoms with Crippen LogP contribution in [0, 0.1) is 0 Å². The molecule has 3 rings (SSSR count). The van der Waals surface area contributed by atoms with Crippen molar-refractivity contribution in [2.45, 2.75) is 37.3 Å². The molecule has 5 N–H and O–H groups in total. The lowest BCUT2D eigenvalue weighted by molar-refractivity contribution is -0.343. The molecule has 0 aliphatic rings. The number of nitrogens with two attached hydrogens (primary N) is 2. The van der Waals surface area contributed by atoms with Crippen LogP contribution in [0.3, 0.4) is 0 Å². The van der Waals surface area contributed by atoms with Crippen LogP contribution in [0.15, 0.2) is 72.3 Å². The number of nitrogen functional groups attached to an aromatic ring is 2. The fraction of sp³-hybridized carbons (Fsp3) is 0.241. The number of halogens is 7. The Hall–Kier alpha value is -4.75. The summed E-state index contributed by atoms with van der Waals surface area (Å²) in [5, 5.41) is 9.60. The first-order valence-electron chi connectivity index (χ1n) is 12.4. The van der Waals surface area contributed by atoms with Crippen LogP contribution in [0.2, 0.25) is 0 Å². The van der Waals surface area contributed by atoms with Gasteiger partial charge in [-0.15, -0.1) is 0 Å². The van der Waals surface area contributed by atoms with Gasteiger partial charge in [0.2, 0.25) is 0 Å². The normalized spacial score (nSPS) is 12.6. The predicted octanol–water partition coefficient (Wildman–Crippen LogP) is 6.77. The summed E-state index contributed by atoms with van der Waals surface area (Å²) in [6.45, 7) is -0.639. The number of alkyl halides is 7. The number of anilines is 2. The van der Waals surface area contributed by atoms with Gasteiger partial charge in [-0.25, -0.2) is 14.0 Å². The number of esters is 1. The van der Waals surface area contributed by atoms with Crippen molar-refractivity contribution in [2.75, 3.05) is 18.1 Å². The first kappa shape index (κ1) is 32.8. The maximum atomic E-state index is 13.7. The van der Waals surface area contributed by atoms with E-state index < -0.39 is 49.4 Å². The van der Waals surface area contributed by atoms with Crippen molar-refractivity contribution in [2.24, 2.45) is 0 Å². The summed E-state index contributed by atoms with van der Waals surface area (Å²) in [4.78, 5) is 24.2. The lowest BCUT2D eigenvalue weighted by atomic mass is 9.98. The Labute approximate surface area is 240 Å². The van der Waals surface area contributed by atoms with E-state index in [9.17, 15) is 45.4 Å². The largest absolute Gasteiger partial charge is 0.494 e. The van der Waals surface area contributed by atoms with E-state index in [-0.39, 0.29) is 29.1 Å². The molecule has 14 heteroatoms. The van der Waals surface area contributed by atoms with Crippen molar-refractivity contribution >= 4 is 29.4 Å². The molecule has 0 spiro atoms. The van der Waals surface area contributed by atoms with Crippen LogP contribution in [0.1, 0.15) is 34.3 Å². The molecule has 0 aliphatic carbocycles. The van der Waals surface area contributed by atoms with Crippen LogP contribution in [0.5, 0.6) is 11.5 Å². The van der Waals surface area contributed by atoms with Crippen molar-refractivity contribution in [3.8, 4) is 11.5 Å². The van der Waals surface area contributed by atoms with Gasteiger partial charge in [-0.3, -0.25) is 0 Å². The fourth-order valence-corrected chi connectivity index (χ4v) is 3.89. The molecule has 0 aliphatic heterocycles. The quantitative estimate of drug-likeness (QED) is 0.0544. The number of aliphatic carboxylic acids is 1. The molecule has 0 aromatic heterocycles. The summed E-state index contributed by atoms with van der Waals surface area (Å²) in [7, 11) is 0. The Morgan fingerprint density at radius 3 is 1.84 bits per heavy atom. The second-order valence-corrected chi connectivity index (χ2v) is 9.39. The van der Waals surface area contributed by atoms with E-state index in [1.54, 1.807) is 18.2 Å². The topological polar surface area (TPSA) is 125 Å². The summed E-state index contributed by atoms with van der Waals surface area (Å²) in [6.07, 6.45) is -13.5. The first-order chi connectivity index (χ1) is 20.0. The molecule has 3 aromatic rings. The van der Waals surface area contributed by atoms with Gasteiger partial charge in [-0.05, 0) is 78.2 Å². The molecule has 7 nitrogen and oxygen atoms in total. The van der Waals surface area contributed by atoms with Gasteiger partial charge in [0.15, 0.2) is 0 Å². The summed E-state index contributed by atoms with van der Waals surface area (Å²) in [6, 6.07) is 15.7. The number of hydrogen-bond donors (Lipinski definition) is 3. The van der Waals surface area contributed by atoms with Gasteiger partial charge >= 0.3 is 24.3 Å². The number of carbonyl (C=O) groups excluding carboxylic acids is 1. The fourth-order valence-electron chi connectivity index (χ4n) is 3.89. The molecule has 0 amide bonds. The highest BCUT2D eigenvalue weighted by Crippen LogP contribution is 2.48. The van der Waals surface area contributed by atoms with Crippen molar-refractivity contribution in [1.82, 2.24) is 0 Å². The minimum absolute atomic E-state index is 0.0197. The highest BCUT2D eigenvalue weighted by atomic mass is 19.4. The van der Waals surface area contributed by atoms with Gasteiger partial charge in [0.1, 0.15) is 11.5 Å². The highest BCUT2D eigenvalue weighted by Gasteiger charge is 2.71. The molecular formula is C29H25F7N2O5. The van der Waals surface area contributed by atoms with Crippen molar-refractivity contribution < 1.29 is 54.9 Å². The number of carbonyl (C=O) groups is 2. The van der Waals surface area contributed by atoms with Crippen molar-refractivity contribution in [3.05, 3.63) is 89.0 Å². The van der Waals surface area contributed by atoms with Crippen LogP contribution in [-0.4, -0.2) is 41.7 Å². The SMILES string of the molecule is Nc1cc(N)cc(CC(=Cc2ccc(OC(=O)c3ccc(OCCCC(F)(C(F)(F)F)C(F)(F)F)cc3)cc2)C(=O)O)c1. The molecule has 0 saturated heterocycles. The zero-order valence-electron chi connectivity index (χ0n) is 22.1. The first-order valence-corrected chi connectivity index (χ1v) is 12.4. The number of carboxylic acid groups (broad SMARTS) is 1. The van der Waals surface area contributed by atoms with Gasteiger partial charge < -0.3 is 26.0 Å². The van der Waals surface area contributed by atoms with Crippen LogP contribution < -0.4 is 20.9 Å². The minimum atomic E-state index is -6.13. The third-order valence-corrected chi connectivity index (χ3v) is 6.06. The van der Waals surface area contributed by atoms with E-state index in [2.05, 4.69) is 0 Å². The zero-order chi connectivity index (χ0) is 32.0. The summed E-state index contributed by atoms with van der Waals surface area (Å²) < 4.78 is 99.7. The van der Waals surface area contributed by atoms with Gasteiger partial charge in [0.05, 0.1) is 12.2 Å². The molecule has 0 atom stereocenters. The Morgan fingerprint density at radius 1 is 0.791 bits per heavy atom. The van der Waals surface area contributed by atoms with E-state index in [0.29, 0.717) is 22.5 Å². The molecule has 3 aromatic carbocycles. The van der Waals surface area contributed by atoms with Crippen LogP contribution >= 0.6 is 0 Å². The molecule has 43 heavy (non-hydrogen) atoms. The van der Waals surface area contributed by atoms with Crippen LogP contribution in [-0.2, 0) is 11.2 Å². The molecule has 0 bridgehead atoms. The summed E-state index contributed by atoms with van der Waals surface area (Å²) in [5.74, 6) is -1.79. The number of carboxylic acids is 1. The number of hydrogen-bond acceptors (Lipinski definition) is 6. The number of benzene rings is 3. The molecular weight excluding hydrogens is 589 g/mol. The monoisotopic (exact) mass is 614 g/mol. The molecule has 0 unspecified atom stereocenters. The van der Waals surface area contributed by atoms with E-state index >= 15 is 0 Å². The van der Waals surface area contributed by atoms with E-state index in [4.69, 9.17) is 20.9 Å². The van der Waals surface area contributed by atoms with E-state index in [0.717, 1.165) is 0 Å². The van der Waals surface area contributed by atoms with Crippen LogP contribution in [0.25, 0.3) is 6.08 Å². The van der Waals surface area contributed by atoms with Crippen molar-refractivity contribution in [3.63, 3.8) is 0 Å². The van der Waals surface area contributed by atoms with E-state index in [1.807, 2.05) is 0 Å². The molecule has 0 heterocycles. The Bertz CT molecular complexity index is 1430. The Kier molecular flexibility index (Phi) is 9.94. The minimum Gasteiger partial charge on any atom is -0.494 e. The lowest BCUT2D eigenvalue weighted by Crippen LogP contribution is -2.53. The zero-order valence-corrected chi connectivity index (χ0v) is 22.1. The average molecular weight is 615 g/mol. The average Bonchev–Trinajstić information content (AvgIpc) is 2.90. The third-order valence-electron chi connectivity index (χ3n) is 6.06. The van der Waals surface area contributed by atoms with Gasteiger partial charge in [-0.2, -0.15) is 26.3 Å². The second kappa shape index (κ2) is 13.0. The maximum Gasteiger partial charge on any atom is 0.431 e. The van der Waals surface area contributed by atoms with Crippen LogP contribution in [0.4, 0.5) is 42.1 Å². The highest BCUT2D eigenvalue weighted by molar-refractivity contribution is 5.93. The lowest BCUT2D eigenvalue weighted by Gasteiger charge is -2.29. The smallest absolute Gasteiger partial charge is 0.431 e. The van der Waals surface area contributed by atoms with Crippen molar-refractivity contribution in [1.29, 1.82) is 0 Å². The number of rotatable bonds is 11. The van der Waals surface area contributed by atoms with Gasteiger partial charge in [0, 0.05) is 29.8 Å². The maximum absolute atomic E-state index is 13.7. The van der Waals surface area contributed by atoms with Gasteiger partial charge in [0.25, 0.3) is 5.67 Å². The Balaban J connectivity index is 1.57. The molecule has 0 radical (unpaired) electrons. The van der Waals surface area contributed by atoms with E-state index in [1.165, 1.54) is 54.6 Å².